The lowest BCUT2D eigenvalue weighted by molar-refractivity contribution is -0.326. The van der Waals surface area contributed by atoms with Crippen LogP contribution in [0.5, 0.6) is 0 Å². The van der Waals surface area contributed by atoms with Gasteiger partial charge in [0.05, 0.1) is 31.7 Å². The minimum atomic E-state index is -1.36. The molecule has 2 aliphatic heterocycles. The summed E-state index contributed by atoms with van der Waals surface area (Å²) in [6, 6.07) is 28.8. The van der Waals surface area contributed by atoms with Crippen molar-refractivity contribution in [1.29, 1.82) is 0 Å². The van der Waals surface area contributed by atoms with Gasteiger partial charge in [-0.15, -0.1) is 11.8 Å². The number of carbonyl (C=O) groups excluding carboxylic acids is 4. The first kappa shape index (κ1) is 43.8. The van der Waals surface area contributed by atoms with Crippen LogP contribution in [0, 0.1) is 0 Å². The lowest BCUT2D eigenvalue weighted by Crippen LogP contribution is -2.65. The third kappa shape index (κ3) is 13.1. The number of carbonyl (C=O) groups is 4. The van der Waals surface area contributed by atoms with Crippen LogP contribution < -0.4 is 0 Å². The standard InChI is InChI=1S/C42H50O14S/c1-26(43)49-25-34-36(52-27(2)44)38(53-28(3)45)40(54-29(4)46)42(57-34)56-35-33(24-48-21-30-15-9-6-10-16-30)55-41(47-5)39(51-23-32-19-13-8-14-20-32)37(35)50-22-31-17-11-7-12-18-31/h6-20,33-42H,21-25H2,1-5H3/t33-,34-,35-,36-,37+,38+,39-,40-,41+,42-/m1/s1. The molecule has 0 N–H and O–H groups in total. The third-order valence-electron chi connectivity index (χ3n) is 9.03. The number of methoxy groups -OCH3 is 1. The maximum atomic E-state index is 12.7. The second-order valence-corrected chi connectivity index (χ2v) is 14.8. The van der Waals surface area contributed by atoms with E-state index in [0.717, 1.165) is 28.5 Å². The Hall–Kier alpha value is -4.35. The van der Waals surface area contributed by atoms with Crippen LogP contribution in [0.4, 0.5) is 0 Å². The molecular formula is C42H50O14S. The zero-order valence-electron chi connectivity index (χ0n) is 32.6. The molecule has 3 aromatic rings. The van der Waals surface area contributed by atoms with E-state index in [9.17, 15) is 19.2 Å². The highest BCUT2D eigenvalue weighted by molar-refractivity contribution is 8.00. The normalized spacial score (nSPS) is 27.2. The number of hydrogen-bond acceptors (Lipinski definition) is 15. The SMILES string of the molecule is CO[C@H]1O[C@H](COCc2ccccc2)[C@@H](O[C@@H]2S[C@H](COC(C)=O)[C@@H](OC(C)=O)[C@H](OC(C)=O)[C@H]2OC(C)=O)[C@H](OCc2ccccc2)[C@H]1OCc1ccccc1. The van der Waals surface area contributed by atoms with Crippen LogP contribution in [-0.4, -0.2) is 104 Å². The summed E-state index contributed by atoms with van der Waals surface area (Å²) >= 11 is 1.09. The minimum Gasteiger partial charge on any atom is -0.465 e. The summed E-state index contributed by atoms with van der Waals surface area (Å²) in [5.41, 5.74) is 1.57. The Morgan fingerprint density at radius 1 is 0.561 bits per heavy atom. The smallest absolute Gasteiger partial charge is 0.303 e. The fraction of sp³-hybridized carbons (Fsp3) is 0.476. The van der Waals surface area contributed by atoms with E-state index in [2.05, 4.69) is 0 Å². The second kappa shape index (κ2) is 22.0. The highest BCUT2D eigenvalue weighted by atomic mass is 32.2. The highest BCUT2D eigenvalue weighted by Gasteiger charge is 2.56. The molecule has 0 saturated carbocycles. The van der Waals surface area contributed by atoms with Crippen LogP contribution in [0.25, 0.3) is 0 Å². The quantitative estimate of drug-likeness (QED) is 0.126. The fourth-order valence-electron chi connectivity index (χ4n) is 6.59. The maximum Gasteiger partial charge on any atom is 0.303 e. The van der Waals surface area contributed by atoms with Crippen molar-refractivity contribution in [2.45, 2.75) is 107 Å². The molecule has 57 heavy (non-hydrogen) atoms. The Morgan fingerprint density at radius 2 is 1.05 bits per heavy atom. The third-order valence-corrected chi connectivity index (χ3v) is 10.4. The molecule has 0 aromatic heterocycles. The van der Waals surface area contributed by atoms with Gasteiger partial charge in [0, 0.05) is 34.8 Å². The molecule has 3 aromatic carbocycles. The van der Waals surface area contributed by atoms with E-state index in [1.54, 1.807) is 0 Å². The summed E-state index contributed by atoms with van der Waals surface area (Å²) in [6.45, 7) is 5.14. The largest absolute Gasteiger partial charge is 0.465 e. The maximum absolute atomic E-state index is 12.7. The monoisotopic (exact) mass is 810 g/mol. The highest BCUT2D eigenvalue weighted by Crippen LogP contribution is 2.42. The van der Waals surface area contributed by atoms with Crippen LogP contribution in [0.1, 0.15) is 44.4 Å². The summed E-state index contributed by atoms with van der Waals surface area (Å²) in [5, 5.41) is -0.836. The molecule has 2 saturated heterocycles. The first-order valence-electron chi connectivity index (χ1n) is 18.6. The minimum absolute atomic E-state index is 0.00592. The van der Waals surface area contributed by atoms with Gasteiger partial charge in [0.15, 0.2) is 24.6 Å². The van der Waals surface area contributed by atoms with Crippen molar-refractivity contribution in [3.8, 4) is 0 Å². The van der Waals surface area contributed by atoms with Crippen LogP contribution >= 0.6 is 11.8 Å². The van der Waals surface area contributed by atoms with Gasteiger partial charge < -0.3 is 47.4 Å². The predicted molar refractivity (Wildman–Crippen MR) is 205 cm³/mol. The van der Waals surface area contributed by atoms with E-state index < -0.39 is 83.6 Å². The molecule has 308 valence electrons. The van der Waals surface area contributed by atoms with Gasteiger partial charge in [0.1, 0.15) is 36.5 Å². The molecule has 0 aliphatic carbocycles. The molecule has 15 heteroatoms. The molecule has 10 atom stereocenters. The first-order valence-corrected chi connectivity index (χ1v) is 19.5. The Morgan fingerprint density at radius 3 is 1.56 bits per heavy atom. The Balaban J connectivity index is 1.56. The van der Waals surface area contributed by atoms with Crippen molar-refractivity contribution in [1.82, 2.24) is 0 Å². The predicted octanol–water partition coefficient (Wildman–Crippen LogP) is 4.93. The van der Waals surface area contributed by atoms with Gasteiger partial charge in [0.25, 0.3) is 0 Å². The van der Waals surface area contributed by atoms with Gasteiger partial charge in [-0.2, -0.15) is 0 Å². The molecule has 0 bridgehead atoms. The second-order valence-electron chi connectivity index (χ2n) is 13.5. The number of rotatable bonds is 18. The average Bonchev–Trinajstić information content (AvgIpc) is 3.19. The van der Waals surface area contributed by atoms with Crippen LogP contribution in [0.2, 0.25) is 0 Å². The molecule has 0 radical (unpaired) electrons. The molecule has 14 nitrogen and oxygen atoms in total. The van der Waals surface area contributed by atoms with Gasteiger partial charge >= 0.3 is 23.9 Å². The van der Waals surface area contributed by atoms with E-state index in [4.69, 9.17) is 47.4 Å². The Kier molecular flexibility index (Phi) is 16.9. The molecule has 5 rings (SSSR count). The van der Waals surface area contributed by atoms with Gasteiger partial charge in [-0.1, -0.05) is 91.0 Å². The van der Waals surface area contributed by atoms with E-state index in [0.29, 0.717) is 0 Å². The fourth-order valence-corrected chi connectivity index (χ4v) is 8.00. The first-order chi connectivity index (χ1) is 27.5. The Bertz CT molecular complexity index is 1710. The summed E-state index contributed by atoms with van der Waals surface area (Å²) in [5.74, 6) is -2.73. The van der Waals surface area contributed by atoms with E-state index in [-0.39, 0.29) is 33.0 Å². The molecule has 2 aliphatic rings. The zero-order chi connectivity index (χ0) is 40.7. The Labute approximate surface area is 336 Å². The van der Waals surface area contributed by atoms with Gasteiger partial charge in [-0.25, -0.2) is 0 Å². The number of benzene rings is 3. The molecule has 2 heterocycles. The topological polar surface area (TPSA) is 161 Å². The molecule has 0 unspecified atom stereocenters. The number of esters is 4. The van der Waals surface area contributed by atoms with Crippen molar-refractivity contribution in [2.24, 2.45) is 0 Å². The van der Waals surface area contributed by atoms with E-state index in [1.165, 1.54) is 34.8 Å². The van der Waals surface area contributed by atoms with Crippen molar-refractivity contribution >= 4 is 35.6 Å². The van der Waals surface area contributed by atoms with Crippen molar-refractivity contribution in [3.63, 3.8) is 0 Å². The zero-order valence-corrected chi connectivity index (χ0v) is 33.4. The summed E-state index contributed by atoms with van der Waals surface area (Å²) in [7, 11) is 1.51. The molecule has 0 spiro atoms. The van der Waals surface area contributed by atoms with Crippen LogP contribution in [0.15, 0.2) is 91.0 Å². The van der Waals surface area contributed by atoms with E-state index >= 15 is 0 Å². The van der Waals surface area contributed by atoms with E-state index in [1.807, 2.05) is 91.0 Å². The van der Waals surface area contributed by atoms with Crippen molar-refractivity contribution < 1.29 is 66.5 Å². The molecular weight excluding hydrogens is 761 g/mol. The van der Waals surface area contributed by atoms with Gasteiger partial charge in [-0.3, -0.25) is 19.2 Å². The average molecular weight is 811 g/mol. The van der Waals surface area contributed by atoms with Crippen molar-refractivity contribution in [2.75, 3.05) is 20.3 Å². The summed E-state index contributed by atoms with van der Waals surface area (Å²) in [4.78, 5) is 49.7. The lowest BCUT2D eigenvalue weighted by atomic mass is 9.97. The summed E-state index contributed by atoms with van der Waals surface area (Å²) < 4.78 is 61.6. The molecule has 2 fully saturated rings. The van der Waals surface area contributed by atoms with Crippen molar-refractivity contribution in [3.05, 3.63) is 108 Å². The number of hydrogen-bond donors (Lipinski definition) is 0. The lowest BCUT2D eigenvalue weighted by Gasteiger charge is -2.49. The summed E-state index contributed by atoms with van der Waals surface area (Å²) in [6.07, 6.45) is -8.46. The molecule has 0 amide bonds. The van der Waals surface area contributed by atoms with Gasteiger partial charge in [-0.05, 0) is 16.7 Å². The number of thioether (sulfide) groups is 1. The van der Waals surface area contributed by atoms with Crippen LogP contribution in [-0.2, 0) is 86.4 Å². The number of ether oxygens (including phenoxy) is 10. The van der Waals surface area contributed by atoms with Crippen LogP contribution in [0.3, 0.4) is 0 Å². The van der Waals surface area contributed by atoms with Gasteiger partial charge in [0.2, 0.25) is 0 Å².